The van der Waals surface area contributed by atoms with E-state index in [0.29, 0.717) is 13.0 Å². The first kappa shape index (κ1) is 16.3. The third kappa shape index (κ3) is 3.40. The molecule has 7 heteroatoms. The fraction of sp³-hybridized carbons (Fsp3) is 0.769. The molecule has 1 aliphatic heterocycles. The summed E-state index contributed by atoms with van der Waals surface area (Å²) in [5.74, 6) is -1.33. The second-order valence-corrected chi connectivity index (χ2v) is 5.40. The lowest BCUT2D eigenvalue weighted by atomic mass is 9.90. The van der Waals surface area contributed by atoms with Gasteiger partial charge in [-0.3, -0.25) is 9.59 Å². The molecule has 1 aliphatic rings. The van der Waals surface area contributed by atoms with Gasteiger partial charge < -0.3 is 21.2 Å². The molecule has 20 heavy (non-hydrogen) atoms. The number of hydrogen-bond acceptors (Lipinski definition) is 4. The van der Waals surface area contributed by atoms with Crippen molar-refractivity contribution in [1.82, 2.24) is 10.2 Å². The van der Waals surface area contributed by atoms with Crippen LogP contribution in [0.5, 0.6) is 0 Å². The average Bonchev–Trinajstić information content (AvgIpc) is 2.45. The third-order valence-corrected chi connectivity index (χ3v) is 3.70. The van der Waals surface area contributed by atoms with Crippen molar-refractivity contribution in [2.24, 2.45) is 22.7 Å². The molecule has 2 unspecified atom stereocenters. The highest BCUT2D eigenvalue weighted by Gasteiger charge is 2.37. The van der Waals surface area contributed by atoms with Gasteiger partial charge in [-0.05, 0) is 25.2 Å². The summed E-state index contributed by atoms with van der Waals surface area (Å²) in [5, 5.41) is 14.4. The van der Waals surface area contributed by atoms with E-state index in [0.717, 1.165) is 12.8 Å². The number of piperidine rings is 1. The summed E-state index contributed by atoms with van der Waals surface area (Å²) in [7, 11) is 1.56. The van der Waals surface area contributed by atoms with E-state index >= 15 is 0 Å². The van der Waals surface area contributed by atoms with Crippen molar-refractivity contribution >= 4 is 17.6 Å². The molecule has 7 nitrogen and oxygen atoms in total. The lowest BCUT2D eigenvalue weighted by Crippen LogP contribution is -2.55. The number of oxime groups is 1. The zero-order valence-corrected chi connectivity index (χ0v) is 12.3. The molecule has 2 atom stereocenters. The predicted octanol–water partition coefficient (Wildman–Crippen LogP) is 0.132. The van der Waals surface area contributed by atoms with Gasteiger partial charge in [-0.1, -0.05) is 19.0 Å². The Kier molecular flexibility index (Phi) is 5.79. The van der Waals surface area contributed by atoms with Crippen LogP contribution in [0.25, 0.3) is 0 Å². The Balaban J connectivity index is 2.98. The fourth-order valence-corrected chi connectivity index (χ4v) is 2.63. The van der Waals surface area contributed by atoms with E-state index in [1.807, 2.05) is 13.8 Å². The van der Waals surface area contributed by atoms with Gasteiger partial charge in [0.2, 0.25) is 11.8 Å². The number of nitrogens with two attached hydrogens (primary N) is 1. The van der Waals surface area contributed by atoms with E-state index in [9.17, 15) is 9.59 Å². The van der Waals surface area contributed by atoms with Gasteiger partial charge in [-0.15, -0.1) is 0 Å². The highest BCUT2D eigenvalue weighted by atomic mass is 16.4. The number of nitrogens with one attached hydrogen (secondary N) is 1. The molecule has 0 bridgehead atoms. The molecule has 2 amide bonds. The molecule has 1 rings (SSSR count). The molecule has 0 spiro atoms. The van der Waals surface area contributed by atoms with Crippen molar-refractivity contribution in [1.29, 1.82) is 0 Å². The standard InChI is InChI=1S/C13H24N4O3/c1-8(2)10(11(14)16-20)13(19)17-7-5-4-6-9(17)12(18)15-3/h8-10,20H,4-7H2,1-3H3,(H2,14,16)(H,15,18). The number of hydrogen-bond donors (Lipinski definition) is 3. The number of carbonyl (C=O) groups is 2. The van der Waals surface area contributed by atoms with Crippen LogP contribution in [0.2, 0.25) is 0 Å². The quantitative estimate of drug-likeness (QED) is 0.295. The monoisotopic (exact) mass is 284 g/mol. The molecule has 1 saturated heterocycles. The zero-order valence-electron chi connectivity index (χ0n) is 12.3. The van der Waals surface area contributed by atoms with Gasteiger partial charge in [0.05, 0.1) is 0 Å². The van der Waals surface area contributed by atoms with E-state index in [-0.39, 0.29) is 23.6 Å². The predicted molar refractivity (Wildman–Crippen MR) is 75.2 cm³/mol. The van der Waals surface area contributed by atoms with Gasteiger partial charge in [-0.25, -0.2) is 0 Å². The van der Waals surface area contributed by atoms with E-state index in [1.165, 1.54) is 0 Å². The van der Waals surface area contributed by atoms with Gasteiger partial charge in [-0.2, -0.15) is 0 Å². The summed E-state index contributed by atoms with van der Waals surface area (Å²) in [6.07, 6.45) is 2.42. The van der Waals surface area contributed by atoms with Crippen LogP contribution < -0.4 is 11.1 Å². The van der Waals surface area contributed by atoms with Crippen LogP contribution in [0.15, 0.2) is 5.16 Å². The number of likely N-dealkylation sites (N-methyl/N-ethyl adjacent to an activating group) is 1. The molecule has 1 fully saturated rings. The van der Waals surface area contributed by atoms with Crippen molar-refractivity contribution in [3.63, 3.8) is 0 Å². The second-order valence-electron chi connectivity index (χ2n) is 5.40. The average molecular weight is 284 g/mol. The van der Waals surface area contributed by atoms with E-state index in [2.05, 4.69) is 10.5 Å². The second kappa shape index (κ2) is 7.12. The van der Waals surface area contributed by atoms with Crippen LogP contribution in [0.3, 0.4) is 0 Å². The van der Waals surface area contributed by atoms with Crippen LogP contribution in [0.4, 0.5) is 0 Å². The Morgan fingerprint density at radius 1 is 1.40 bits per heavy atom. The van der Waals surface area contributed by atoms with Crippen LogP contribution in [0.1, 0.15) is 33.1 Å². The maximum atomic E-state index is 12.6. The van der Waals surface area contributed by atoms with Gasteiger partial charge >= 0.3 is 0 Å². The summed E-state index contributed by atoms with van der Waals surface area (Å²) in [6, 6.07) is -0.464. The molecule has 0 aliphatic carbocycles. The van der Waals surface area contributed by atoms with E-state index < -0.39 is 12.0 Å². The topological polar surface area (TPSA) is 108 Å². The van der Waals surface area contributed by atoms with Crippen molar-refractivity contribution in [2.75, 3.05) is 13.6 Å². The Morgan fingerprint density at radius 3 is 2.55 bits per heavy atom. The molecule has 4 N–H and O–H groups in total. The first-order chi connectivity index (χ1) is 9.43. The Hall–Kier alpha value is -1.79. The maximum Gasteiger partial charge on any atom is 0.242 e. The van der Waals surface area contributed by atoms with E-state index in [1.54, 1.807) is 11.9 Å². The minimum atomic E-state index is -0.703. The smallest absolute Gasteiger partial charge is 0.242 e. The summed E-state index contributed by atoms with van der Waals surface area (Å²) in [4.78, 5) is 26.1. The number of carbonyl (C=O) groups excluding carboxylic acids is 2. The number of amides is 2. The third-order valence-electron chi connectivity index (χ3n) is 3.70. The normalized spacial score (nSPS) is 21.7. The van der Waals surface area contributed by atoms with Crippen LogP contribution >= 0.6 is 0 Å². The minimum Gasteiger partial charge on any atom is -0.409 e. The first-order valence-corrected chi connectivity index (χ1v) is 6.93. The lowest BCUT2D eigenvalue weighted by Gasteiger charge is -2.37. The number of likely N-dealkylation sites (tertiary alicyclic amines) is 1. The maximum absolute atomic E-state index is 12.6. The molecule has 0 radical (unpaired) electrons. The van der Waals surface area contributed by atoms with Gasteiger partial charge in [0.15, 0.2) is 5.84 Å². The SMILES string of the molecule is CNC(=O)C1CCCCN1C(=O)C(C(N)=NO)C(C)C. The Labute approximate surface area is 119 Å². The van der Waals surface area contributed by atoms with E-state index in [4.69, 9.17) is 10.9 Å². The molecule has 0 aromatic heterocycles. The Bertz CT molecular complexity index is 395. The number of amidine groups is 1. The molecule has 0 saturated carbocycles. The molecule has 0 aromatic rings. The van der Waals surface area contributed by atoms with Crippen LogP contribution in [0, 0.1) is 11.8 Å². The zero-order chi connectivity index (χ0) is 15.3. The molecular formula is C13H24N4O3. The largest absolute Gasteiger partial charge is 0.409 e. The van der Waals surface area contributed by atoms with Crippen molar-refractivity contribution < 1.29 is 14.8 Å². The molecule has 1 heterocycles. The minimum absolute atomic E-state index is 0.105. The highest BCUT2D eigenvalue weighted by Crippen LogP contribution is 2.23. The summed E-state index contributed by atoms with van der Waals surface area (Å²) < 4.78 is 0. The van der Waals surface area contributed by atoms with Crippen LogP contribution in [-0.2, 0) is 9.59 Å². The summed E-state index contributed by atoms with van der Waals surface area (Å²) >= 11 is 0. The highest BCUT2D eigenvalue weighted by molar-refractivity contribution is 6.03. The fourth-order valence-electron chi connectivity index (χ4n) is 2.63. The van der Waals surface area contributed by atoms with Crippen molar-refractivity contribution in [3.8, 4) is 0 Å². The van der Waals surface area contributed by atoms with Gasteiger partial charge in [0.25, 0.3) is 0 Å². The molecule has 114 valence electrons. The summed E-state index contributed by atoms with van der Waals surface area (Å²) in [5.41, 5.74) is 5.63. The first-order valence-electron chi connectivity index (χ1n) is 6.93. The van der Waals surface area contributed by atoms with Crippen LogP contribution in [-0.4, -0.2) is 47.4 Å². The van der Waals surface area contributed by atoms with Gasteiger partial charge in [0, 0.05) is 13.6 Å². The summed E-state index contributed by atoms with van der Waals surface area (Å²) in [6.45, 7) is 4.19. The number of rotatable bonds is 4. The Morgan fingerprint density at radius 2 is 2.05 bits per heavy atom. The van der Waals surface area contributed by atoms with Crippen molar-refractivity contribution in [2.45, 2.75) is 39.2 Å². The molecule has 0 aromatic carbocycles. The molecular weight excluding hydrogens is 260 g/mol. The van der Waals surface area contributed by atoms with Gasteiger partial charge in [0.1, 0.15) is 12.0 Å². The lowest BCUT2D eigenvalue weighted by molar-refractivity contribution is -0.144. The number of nitrogens with zero attached hydrogens (tertiary/aromatic N) is 2. The van der Waals surface area contributed by atoms with Crippen molar-refractivity contribution in [3.05, 3.63) is 0 Å².